The van der Waals surface area contributed by atoms with Gasteiger partial charge in [-0.25, -0.2) is 9.78 Å². The van der Waals surface area contributed by atoms with Crippen molar-refractivity contribution in [2.24, 2.45) is 0 Å². The molecule has 1 rings (SSSR count). The van der Waals surface area contributed by atoms with Gasteiger partial charge in [-0.1, -0.05) is 13.3 Å². The number of hydrogen-bond acceptors (Lipinski definition) is 5. The maximum absolute atomic E-state index is 10.7. The van der Waals surface area contributed by atoms with Crippen molar-refractivity contribution in [3.8, 4) is 0 Å². The van der Waals surface area contributed by atoms with E-state index in [0.717, 1.165) is 29.2 Å². The molecule has 0 fully saturated rings. The summed E-state index contributed by atoms with van der Waals surface area (Å²) in [5, 5.41) is 11.2. The first-order valence-corrected chi connectivity index (χ1v) is 5.63. The molecule has 0 radical (unpaired) electrons. The van der Waals surface area contributed by atoms with Gasteiger partial charge in [0.1, 0.15) is 0 Å². The average molecular weight is 244 g/mol. The Hall–Kier alpha value is -1.47. The number of carboxylic acid groups (broad SMARTS) is 1. The minimum atomic E-state index is -1.12. The first kappa shape index (κ1) is 12.6. The molecule has 1 aromatic heterocycles. The zero-order valence-electron chi connectivity index (χ0n) is 8.75. The fourth-order valence-electron chi connectivity index (χ4n) is 0.902. The van der Waals surface area contributed by atoms with E-state index in [0.29, 0.717) is 13.0 Å². The number of carbonyl (C=O) groups excluding carboxylic acids is 1. The van der Waals surface area contributed by atoms with E-state index >= 15 is 0 Å². The minimum absolute atomic E-state index is 0.0917. The molecule has 7 heteroatoms. The number of hydrogen-bond donors (Lipinski definition) is 1. The third kappa shape index (κ3) is 3.28. The lowest BCUT2D eigenvalue weighted by Gasteiger charge is -2.12. The van der Waals surface area contributed by atoms with Gasteiger partial charge in [0.2, 0.25) is 11.5 Å². The molecule has 88 valence electrons. The van der Waals surface area contributed by atoms with Crippen LogP contribution in [0.3, 0.4) is 0 Å². The number of aromatic nitrogens is 1. The molecule has 1 aromatic rings. The Morgan fingerprint density at radius 3 is 3.00 bits per heavy atom. The number of carboxylic acids is 1. The summed E-state index contributed by atoms with van der Waals surface area (Å²) in [5.41, 5.74) is -0.0917. The zero-order chi connectivity index (χ0) is 12.0. The van der Waals surface area contributed by atoms with Crippen molar-refractivity contribution in [2.45, 2.75) is 19.8 Å². The Kier molecular flexibility index (Phi) is 4.87. The molecular formula is C9H12N2O4S. The van der Waals surface area contributed by atoms with Gasteiger partial charge in [-0.2, -0.15) is 5.06 Å². The highest BCUT2D eigenvalue weighted by molar-refractivity contribution is 7.14. The number of hydroxylamine groups is 1. The summed E-state index contributed by atoms with van der Waals surface area (Å²) in [6, 6.07) is 0. The molecule has 0 saturated carbocycles. The van der Waals surface area contributed by atoms with E-state index in [9.17, 15) is 9.59 Å². The number of amides is 1. The number of carbonyl (C=O) groups is 2. The number of unbranched alkanes of at least 4 members (excludes halogenated alkanes) is 1. The van der Waals surface area contributed by atoms with Crippen molar-refractivity contribution < 1.29 is 19.5 Å². The van der Waals surface area contributed by atoms with Crippen molar-refractivity contribution in [3.63, 3.8) is 0 Å². The van der Waals surface area contributed by atoms with E-state index in [1.54, 1.807) is 0 Å². The van der Waals surface area contributed by atoms with Crippen LogP contribution in [0.1, 0.15) is 30.3 Å². The van der Waals surface area contributed by atoms with E-state index in [2.05, 4.69) is 4.98 Å². The monoisotopic (exact) mass is 244 g/mol. The largest absolute Gasteiger partial charge is 0.476 e. The predicted octanol–water partition coefficient (Wildman–Crippen LogP) is 1.54. The van der Waals surface area contributed by atoms with E-state index < -0.39 is 5.97 Å². The Labute approximate surface area is 96.4 Å². The molecular weight excluding hydrogens is 232 g/mol. The van der Waals surface area contributed by atoms with Crippen LogP contribution < -0.4 is 5.06 Å². The van der Waals surface area contributed by atoms with Crippen LogP contribution in [0, 0.1) is 0 Å². The Morgan fingerprint density at radius 2 is 2.50 bits per heavy atom. The lowest BCUT2D eigenvalue weighted by Crippen LogP contribution is -2.22. The lowest BCUT2D eigenvalue weighted by molar-refractivity contribution is -0.114. The SMILES string of the molecule is CCCCON(C=O)c1nc(C(=O)O)cs1. The van der Waals surface area contributed by atoms with Gasteiger partial charge in [-0.15, -0.1) is 11.3 Å². The molecule has 0 atom stereocenters. The van der Waals surface area contributed by atoms with Gasteiger partial charge in [-0.3, -0.25) is 9.63 Å². The number of aromatic carboxylic acids is 1. The number of nitrogens with zero attached hydrogens (tertiary/aromatic N) is 2. The highest BCUT2D eigenvalue weighted by Gasteiger charge is 2.14. The van der Waals surface area contributed by atoms with Gasteiger partial charge in [0.25, 0.3) is 0 Å². The summed E-state index contributed by atoms with van der Waals surface area (Å²) in [6.45, 7) is 2.40. The maximum Gasteiger partial charge on any atom is 0.355 e. The summed E-state index contributed by atoms with van der Waals surface area (Å²) in [6.07, 6.45) is 2.24. The van der Waals surface area contributed by atoms with E-state index in [1.807, 2.05) is 6.92 Å². The smallest absolute Gasteiger partial charge is 0.355 e. The molecule has 0 saturated heterocycles. The fourth-order valence-corrected chi connectivity index (χ4v) is 1.62. The van der Waals surface area contributed by atoms with Crippen LogP contribution >= 0.6 is 11.3 Å². The molecule has 1 N–H and O–H groups in total. The van der Waals surface area contributed by atoms with Gasteiger partial charge >= 0.3 is 5.97 Å². The molecule has 1 amide bonds. The van der Waals surface area contributed by atoms with Crippen molar-refractivity contribution in [1.29, 1.82) is 0 Å². The van der Waals surface area contributed by atoms with Crippen molar-refractivity contribution in [1.82, 2.24) is 4.98 Å². The zero-order valence-corrected chi connectivity index (χ0v) is 9.57. The lowest BCUT2D eigenvalue weighted by atomic mass is 10.4. The van der Waals surface area contributed by atoms with Crippen LogP contribution in [-0.4, -0.2) is 29.1 Å². The third-order valence-electron chi connectivity index (χ3n) is 1.72. The summed E-state index contributed by atoms with van der Waals surface area (Å²) < 4.78 is 0. The van der Waals surface area contributed by atoms with Gasteiger partial charge in [-0.05, 0) is 6.42 Å². The van der Waals surface area contributed by atoms with Crippen molar-refractivity contribution in [2.75, 3.05) is 11.7 Å². The van der Waals surface area contributed by atoms with Crippen LogP contribution in [0.15, 0.2) is 5.38 Å². The second-order valence-corrected chi connectivity index (χ2v) is 3.78. The predicted molar refractivity (Wildman–Crippen MR) is 58.5 cm³/mol. The highest BCUT2D eigenvalue weighted by atomic mass is 32.1. The summed E-state index contributed by atoms with van der Waals surface area (Å²) in [4.78, 5) is 30.2. The summed E-state index contributed by atoms with van der Waals surface area (Å²) >= 11 is 1.05. The minimum Gasteiger partial charge on any atom is -0.476 e. The standard InChI is InChI=1S/C9H12N2O4S/c1-2-3-4-15-11(6-12)9-10-7(5-16-9)8(13)14/h5-6H,2-4H2,1H3,(H,13,14). The topological polar surface area (TPSA) is 79.7 Å². The molecule has 0 aliphatic heterocycles. The second kappa shape index (κ2) is 6.19. The molecule has 0 aliphatic carbocycles. The van der Waals surface area contributed by atoms with E-state index in [4.69, 9.17) is 9.94 Å². The van der Waals surface area contributed by atoms with Crippen LogP contribution in [0.2, 0.25) is 0 Å². The molecule has 0 spiro atoms. The highest BCUT2D eigenvalue weighted by Crippen LogP contribution is 2.19. The third-order valence-corrected chi connectivity index (χ3v) is 2.55. The van der Waals surface area contributed by atoms with Gasteiger partial charge < -0.3 is 5.11 Å². The van der Waals surface area contributed by atoms with Crippen molar-refractivity contribution in [3.05, 3.63) is 11.1 Å². The van der Waals surface area contributed by atoms with Gasteiger partial charge in [0, 0.05) is 5.38 Å². The normalized spacial score (nSPS) is 10.1. The maximum atomic E-state index is 10.7. The number of thiazole rings is 1. The summed E-state index contributed by atoms with van der Waals surface area (Å²) in [5.74, 6) is -1.12. The quantitative estimate of drug-likeness (QED) is 0.447. The first-order chi connectivity index (χ1) is 7.69. The van der Waals surface area contributed by atoms with Crippen LogP contribution in [0.5, 0.6) is 0 Å². The molecule has 0 aromatic carbocycles. The molecule has 1 heterocycles. The molecule has 0 bridgehead atoms. The average Bonchev–Trinajstić information content (AvgIpc) is 2.74. The van der Waals surface area contributed by atoms with Crippen LogP contribution in [-0.2, 0) is 9.63 Å². The number of rotatable bonds is 7. The number of anilines is 1. The summed E-state index contributed by atoms with van der Waals surface area (Å²) in [7, 11) is 0. The van der Waals surface area contributed by atoms with Crippen LogP contribution in [0.4, 0.5) is 5.13 Å². The molecule has 16 heavy (non-hydrogen) atoms. The van der Waals surface area contributed by atoms with Gasteiger partial charge in [0.15, 0.2) is 5.69 Å². The fraction of sp³-hybridized carbons (Fsp3) is 0.444. The Morgan fingerprint density at radius 1 is 1.75 bits per heavy atom. The van der Waals surface area contributed by atoms with Crippen molar-refractivity contribution >= 4 is 28.8 Å². The second-order valence-electron chi connectivity index (χ2n) is 2.94. The van der Waals surface area contributed by atoms with Crippen LogP contribution in [0.25, 0.3) is 0 Å². The molecule has 6 nitrogen and oxygen atoms in total. The molecule has 0 aliphatic rings. The van der Waals surface area contributed by atoms with E-state index in [-0.39, 0.29) is 10.8 Å². The van der Waals surface area contributed by atoms with Gasteiger partial charge in [0.05, 0.1) is 6.61 Å². The first-order valence-electron chi connectivity index (χ1n) is 4.75. The molecule has 0 unspecified atom stereocenters. The Bertz CT molecular complexity index is 366. The Balaban J connectivity index is 2.63. The van der Waals surface area contributed by atoms with E-state index in [1.165, 1.54) is 5.38 Å².